The van der Waals surface area contributed by atoms with Crippen molar-refractivity contribution in [3.63, 3.8) is 0 Å². The molecule has 0 saturated carbocycles. The highest BCUT2D eigenvalue weighted by atomic mass is 28.4. The highest BCUT2D eigenvalue weighted by Crippen LogP contribution is 2.49. The maximum Gasteiger partial charge on any atom is 0.0762 e. The third-order valence-electron chi connectivity index (χ3n) is 5.42. The summed E-state index contributed by atoms with van der Waals surface area (Å²) in [5.74, 6) is 0. The van der Waals surface area contributed by atoms with Gasteiger partial charge in [0.1, 0.15) is 0 Å². The maximum atomic E-state index is 5.88. The second-order valence-corrected chi connectivity index (χ2v) is 19.7. The normalized spacial score (nSPS) is 14.6. The standard InChI is InChI=1S/C15H35NSi2/c1-14(2,3)17(7,8)13(11-12-16)18(9,10)15(4,5)6/h11H,12,16H2,1-10H3. The first-order valence-corrected chi connectivity index (χ1v) is 13.1. The molecule has 0 radical (unpaired) electrons. The van der Waals surface area contributed by atoms with E-state index in [-0.39, 0.29) is 0 Å². The van der Waals surface area contributed by atoms with E-state index in [1.54, 1.807) is 4.82 Å². The highest BCUT2D eigenvalue weighted by molar-refractivity contribution is 7.07. The summed E-state index contributed by atoms with van der Waals surface area (Å²) in [5, 5.41) is 0.785. The fourth-order valence-electron chi connectivity index (χ4n) is 2.22. The molecular formula is C15H35NSi2. The molecule has 0 aromatic carbocycles. The van der Waals surface area contributed by atoms with Crippen molar-refractivity contribution >= 4 is 16.1 Å². The molecule has 0 aromatic rings. The molecule has 0 atom stereocenters. The molecule has 0 bridgehead atoms. The van der Waals surface area contributed by atoms with Gasteiger partial charge in [-0.2, -0.15) is 0 Å². The topological polar surface area (TPSA) is 26.0 Å². The molecule has 1 nitrogen and oxygen atoms in total. The maximum absolute atomic E-state index is 5.88. The average Bonchev–Trinajstić information content (AvgIpc) is 2.09. The first-order valence-electron chi connectivity index (χ1n) is 7.11. The zero-order valence-electron chi connectivity index (χ0n) is 14.4. The summed E-state index contributed by atoms with van der Waals surface area (Å²) >= 11 is 0. The van der Waals surface area contributed by atoms with Gasteiger partial charge >= 0.3 is 0 Å². The number of hydrogen-bond donors (Lipinski definition) is 1. The second-order valence-electron chi connectivity index (χ2n) is 8.60. The molecule has 0 aliphatic carbocycles. The molecule has 0 aromatic heterocycles. The van der Waals surface area contributed by atoms with Crippen LogP contribution in [-0.4, -0.2) is 22.7 Å². The van der Waals surface area contributed by atoms with Crippen LogP contribution in [0.3, 0.4) is 0 Å². The highest BCUT2D eigenvalue weighted by Gasteiger charge is 2.48. The van der Waals surface area contributed by atoms with Gasteiger partial charge in [-0.1, -0.05) is 78.6 Å². The van der Waals surface area contributed by atoms with Crippen LogP contribution in [0.15, 0.2) is 10.9 Å². The van der Waals surface area contributed by atoms with E-state index >= 15 is 0 Å². The van der Waals surface area contributed by atoms with E-state index in [1.807, 2.05) is 0 Å². The van der Waals surface area contributed by atoms with E-state index in [9.17, 15) is 0 Å². The van der Waals surface area contributed by atoms with Gasteiger partial charge in [0, 0.05) is 6.54 Å². The Labute approximate surface area is 117 Å². The van der Waals surface area contributed by atoms with Gasteiger partial charge < -0.3 is 5.73 Å². The van der Waals surface area contributed by atoms with Crippen molar-refractivity contribution in [3.8, 4) is 0 Å². The van der Waals surface area contributed by atoms with E-state index in [1.165, 1.54) is 0 Å². The zero-order chi connectivity index (χ0) is 15.0. The van der Waals surface area contributed by atoms with Gasteiger partial charge in [-0.3, -0.25) is 0 Å². The van der Waals surface area contributed by atoms with E-state index < -0.39 is 16.1 Å². The Morgan fingerprint density at radius 1 is 0.833 bits per heavy atom. The summed E-state index contributed by atoms with van der Waals surface area (Å²) in [7, 11) is -2.92. The minimum atomic E-state index is -1.46. The van der Waals surface area contributed by atoms with Gasteiger partial charge in [-0.15, -0.1) is 0 Å². The number of nitrogens with two attached hydrogens (primary N) is 1. The van der Waals surface area contributed by atoms with Crippen LogP contribution in [-0.2, 0) is 0 Å². The molecule has 3 heteroatoms. The van der Waals surface area contributed by atoms with E-state index in [2.05, 4.69) is 73.8 Å². The Morgan fingerprint density at radius 3 is 1.28 bits per heavy atom. The van der Waals surface area contributed by atoms with Crippen LogP contribution in [0.2, 0.25) is 36.3 Å². The summed E-state index contributed by atoms with van der Waals surface area (Å²) in [6.07, 6.45) is 2.37. The fraction of sp³-hybridized carbons (Fsp3) is 0.867. The third kappa shape index (κ3) is 3.37. The van der Waals surface area contributed by atoms with E-state index in [0.29, 0.717) is 16.6 Å². The van der Waals surface area contributed by atoms with Crippen LogP contribution in [0.4, 0.5) is 0 Å². The van der Waals surface area contributed by atoms with Crippen molar-refractivity contribution in [3.05, 3.63) is 10.9 Å². The van der Waals surface area contributed by atoms with Crippen LogP contribution >= 0.6 is 0 Å². The Bertz CT molecular complexity index is 286. The molecule has 0 spiro atoms. The van der Waals surface area contributed by atoms with Crippen molar-refractivity contribution in [2.24, 2.45) is 5.73 Å². The first kappa shape index (κ1) is 18.1. The molecule has 0 saturated heterocycles. The predicted octanol–water partition coefficient (Wildman–Crippen LogP) is 4.97. The van der Waals surface area contributed by atoms with Gasteiger partial charge in [0.05, 0.1) is 16.1 Å². The van der Waals surface area contributed by atoms with Crippen molar-refractivity contribution in [1.29, 1.82) is 0 Å². The Kier molecular flexibility index (Phi) is 5.29. The van der Waals surface area contributed by atoms with Gasteiger partial charge in [0.2, 0.25) is 0 Å². The largest absolute Gasteiger partial charge is 0.327 e. The monoisotopic (exact) mass is 285 g/mol. The molecule has 0 heterocycles. The van der Waals surface area contributed by atoms with Crippen molar-refractivity contribution in [1.82, 2.24) is 0 Å². The smallest absolute Gasteiger partial charge is 0.0762 e. The minimum Gasteiger partial charge on any atom is -0.327 e. The van der Waals surface area contributed by atoms with Crippen molar-refractivity contribution in [2.75, 3.05) is 6.54 Å². The summed E-state index contributed by atoms with van der Waals surface area (Å²) in [4.78, 5) is 1.76. The summed E-state index contributed by atoms with van der Waals surface area (Å²) in [6, 6.07) is 0. The molecular weight excluding hydrogens is 250 g/mol. The van der Waals surface area contributed by atoms with Gasteiger partial charge in [0.15, 0.2) is 0 Å². The molecule has 0 unspecified atom stereocenters. The lowest BCUT2D eigenvalue weighted by Crippen LogP contribution is -2.53. The van der Waals surface area contributed by atoms with Crippen molar-refractivity contribution in [2.45, 2.75) is 77.8 Å². The minimum absolute atomic E-state index is 0.392. The molecule has 2 N–H and O–H groups in total. The van der Waals surface area contributed by atoms with Crippen LogP contribution in [0, 0.1) is 0 Å². The summed E-state index contributed by atoms with van der Waals surface area (Å²) in [6.45, 7) is 25.2. The van der Waals surface area contributed by atoms with Crippen LogP contribution in [0.5, 0.6) is 0 Å². The summed E-state index contributed by atoms with van der Waals surface area (Å²) in [5.41, 5.74) is 5.88. The van der Waals surface area contributed by atoms with Crippen molar-refractivity contribution < 1.29 is 0 Å². The molecule has 18 heavy (non-hydrogen) atoms. The van der Waals surface area contributed by atoms with Crippen LogP contribution in [0.25, 0.3) is 0 Å². The summed E-state index contributed by atoms with van der Waals surface area (Å²) < 4.78 is 0. The SMILES string of the molecule is CC(C)(C)[Si](C)(C)C(=CCN)[Si](C)(C)C(C)(C)C. The van der Waals surface area contributed by atoms with Gasteiger partial charge in [-0.25, -0.2) is 0 Å². The second kappa shape index (κ2) is 5.25. The third-order valence-corrected chi connectivity index (χ3v) is 19.8. The lowest BCUT2D eigenvalue weighted by Gasteiger charge is -2.49. The Balaban J connectivity index is 5.86. The average molecular weight is 286 g/mol. The van der Waals surface area contributed by atoms with Gasteiger partial charge in [0.25, 0.3) is 0 Å². The molecule has 0 amide bonds. The van der Waals surface area contributed by atoms with E-state index in [0.717, 1.165) is 0 Å². The first-order chi connectivity index (χ1) is 7.69. The molecule has 0 aliphatic heterocycles. The van der Waals surface area contributed by atoms with Gasteiger partial charge in [-0.05, 0) is 10.1 Å². The zero-order valence-corrected chi connectivity index (χ0v) is 16.4. The van der Waals surface area contributed by atoms with Crippen LogP contribution < -0.4 is 5.73 Å². The quantitative estimate of drug-likeness (QED) is 0.728. The molecule has 0 aliphatic rings. The predicted molar refractivity (Wildman–Crippen MR) is 91.5 cm³/mol. The number of rotatable bonds is 3. The molecule has 0 fully saturated rings. The number of hydrogen-bond acceptors (Lipinski definition) is 1. The van der Waals surface area contributed by atoms with E-state index in [4.69, 9.17) is 5.73 Å². The Morgan fingerprint density at radius 2 is 1.11 bits per heavy atom. The fourth-order valence-corrected chi connectivity index (χ4v) is 13.6. The lowest BCUT2D eigenvalue weighted by molar-refractivity contribution is 0.713. The lowest BCUT2D eigenvalue weighted by atomic mass is 10.2. The van der Waals surface area contributed by atoms with Crippen LogP contribution in [0.1, 0.15) is 41.5 Å². The molecule has 0 rings (SSSR count). The Hall–Kier alpha value is 0.134. The molecule has 108 valence electrons.